The molecule has 1 N–H and O–H groups in total. The van der Waals surface area contributed by atoms with Crippen LogP contribution in [0.3, 0.4) is 0 Å². The Morgan fingerprint density at radius 1 is 1.10 bits per heavy atom. The Morgan fingerprint density at radius 3 is 2.26 bits per heavy atom. The van der Waals surface area contributed by atoms with Gasteiger partial charge in [-0.05, 0) is 49.7 Å². The number of anilines is 2. The van der Waals surface area contributed by atoms with Gasteiger partial charge in [0.1, 0.15) is 17.4 Å². The second-order valence-electron chi connectivity index (χ2n) is 10.9. The Morgan fingerprint density at radius 2 is 1.69 bits per heavy atom. The van der Waals surface area contributed by atoms with E-state index in [0.29, 0.717) is 23.5 Å². The van der Waals surface area contributed by atoms with Crippen LogP contribution in [0.15, 0.2) is 79.9 Å². The molecule has 3 saturated heterocycles. The third-order valence-electron chi connectivity index (χ3n) is 8.59. The fourth-order valence-corrected chi connectivity index (χ4v) is 7.74. The van der Waals surface area contributed by atoms with Gasteiger partial charge in [-0.2, -0.15) is 0 Å². The molecule has 2 aromatic rings. The van der Waals surface area contributed by atoms with E-state index in [-0.39, 0.29) is 42.2 Å². The third-order valence-corrected chi connectivity index (χ3v) is 9.44. The Balaban J connectivity index is 1.59. The first kappa shape index (κ1) is 30.0. The maximum atomic E-state index is 14.6. The zero-order valence-electron chi connectivity index (χ0n) is 23.8. The first-order valence-corrected chi connectivity index (χ1v) is 14.9. The molecule has 222 valence electrons. The Hall–Kier alpha value is -3.47. The van der Waals surface area contributed by atoms with E-state index in [1.54, 1.807) is 60.3 Å². The average Bonchev–Trinajstić information content (AvgIpc) is 3.61. The largest absolute Gasteiger partial charge is 0.497 e. The Labute approximate surface area is 254 Å². The number of fused-ring (bicyclic) bond motifs is 1. The predicted octanol–water partition coefficient (Wildman–Crippen LogP) is 3.56. The SMILES string of the molecule is C=CCN(C(=O)C1N([C@H](C)CO)C(=O)[C@@H]2[C@@H](C(=O)N(CC=C)c3ccccc3)[C@@H]3OC12CC3Br)c1ccc(OC)cc1. The molecule has 3 aliphatic rings. The summed E-state index contributed by atoms with van der Waals surface area (Å²) in [7, 11) is 1.57. The van der Waals surface area contributed by atoms with Gasteiger partial charge < -0.3 is 29.3 Å². The molecule has 0 aromatic heterocycles. The molecule has 3 amide bonds. The number of methoxy groups -OCH3 is 1. The summed E-state index contributed by atoms with van der Waals surface area (Å²) in [6.45, 7) is 9.45. The van der Waals surface area contributed by atoms with Crippen LogP contribution in [0.5, 0.6) is 5.75 Å². The van der Waals surface area contributed by atoms with Crippen LogP contribution in [0.25, 0.3) is 0 Å². The number of carbonyl (C=O) groups is 3. The minimum Gasteiger partial charge on any atom is -0.497 e. The monoisotopic (exact) mass is 637 g/mol. The molecular weight excluding hydrogens is 602 g/mol. The molecule has 42 heavy (non-hydrogen) atoms. The van der Waals surface area contributed by atoms with Crippen molar-refractivity contribution in [2.45, 2.75) is 42.0 Å². The lowest BCUT2D eigenvalue weighted by Crippen LogP contribution is -2.59. The number of aliphatic hydroxyl groups is 1. The lowest BCUT2D eigenvalue weighted by Gasteiger charge is -2.38. The second kappa shape index (κ2) is 12.0. The number of alkyl halides is 1. The third kappa shape index (κ3) is 4.75. The number of likely N-dealkylation sites (tertiary alicyclic amines) is 1. The Kier molecular flexibility index (Phi) is 8.59. The summed E-state index contributed by atoms with van der Waals surface area (Å²) in [6.07, 6.45) is 3.01. The van der Waals surface area contributed by atoms with Gasteiger partial charge in [0.05, 0.1) is 37.7 Å². The van der Waals surface area contributed by atoms with Crippen LogP contribution in [0.2, 0.25) is 0 Å². The predicted molar refractivity (Wildman–Crippen MR) is 164 cm³/mol. The van der Waals surface area contributed by atoms with Crippen LogP contribution >= 0.6 is 15.9 Å². The molecule has 10 heteroatoms. The standard InChI is InChI=1S/C32H36BrN3O6/c1-5-16-34(21-10-8-7-9-11-21)29(38)25-26-30(39)36(20(3)19-37)28(32(26)18-24(33)27(25)42-32)31(40)35(17-6-2)22-12-14-23(41-4)15-13-22/h5-15,20,24-28,37H,1-2,16-19H2,3-4H3/t20-,24?,25-,26+,27-,28?,32?/m1/s1. The van der Waals surface area contributed by atoms with Gasteiger partial charge in [-0.15, -0.1) is 13.2 Å². The summed E-state index contributed by atoms with van der Waals surface area (Å²) in [5.41, 5.74) is 0.0150. The van der Waals surface area contributed by atoms with Crippen molar-refractivity contribution < 1.29 is 29.0 Å². The number of benzene rings is 2. The molecule has 0 aliphatic carbocycles. The van der Waals surface area contributed by atoms with Gasteiger partial charge >= 0.3 is 0 Å². The van der Waals surface area contributed by atoms with Crippen LogP contribution in [0, 0.1) is 11.8 Å². The molecule has 2 bridgehead atoms. The maximum absolute atomic E-state index is 14.6. The number of hydrogen-bond acceptors (Lipinski definition) is 6. The molecule has 7 atom stereocenters. The lowest BCUT2D eigenvalue weighted by molar-refractivity contribution is -0.143. The first-order chi connectivity index (χ1) is 20.2. The van der Waals surface area contributed by atoms with Crippen molar-refractivity contribution in [1.82, 2.24) is 4.90 Å². The van der Waals surface area contributed by atoms with Crippen molar-refractivity contribution in [3.05, 3.63) is 79.9 Å². The highest BCUT2D eigenvalue weighted by atomic mass is 79.9. The summed E-state index contributed by atoms with van der Waals surface area (Å²) in [4.78, 5) is 47.6. The van der Waals surface area contributed by atoms with Gasteiger partial charge in [-0.1, -0.05) is 46.3 Å². The van der Waals surface area contributed by atoms with Crippen molar-refractivity contribution in [1.29, 1.82) is 0 Å². The fourth-order valence-electron chi connectivity index (χ4n) is 6.79. The molecule has 5 rings (SSSR count). The minimum absolute atomic E-state index is 0.183. The Bertz CT molecular complexity index is 1350. The van der Waals surface area contributed by atoms with Crippen molar-refractivity contribution in [3.63, 3.8) is 0 Å². The van der Waals surface area contributed by atoms with Crippen molar-refractivity contribution >= 4 is 45.0 Å². The van der Waals surface area contributed by atoms with E-state index < -0.39 is 35.6 Å². The molecule has 3 heterocycles. The topological polar surface area (TPSA) is 99.6 Å². The molecular formula is C32H36BrN3O6. The van der Waals surface area contributed by atoms with Gasteiger partial charge in [-0.3, -0.25) is 14.4 Å². The lowest BCUT2D eigenvalue weighted by atomic mass is 9.70. The minimum atomic E-state index is -1.26. The number of hydrogen-bond donors (Lipinski definition) is 1. The van der Waals surface area contributed by atoms with Crippen LogP contribution in [-0.2, 0) is 19.1 Å². The van der Waals surface area contributed by atoms with Crippen molar-refractivity contribution in [3.8, 4) is 5.75 Å². The summed E-state index contributed by atoms with van der Waals surface area (Å²) >= 11 is 3.73. The average molecular weight is 639 g/mol. The quantitative estimate of drug-likeness (QED) is 0.299. The zero-order chi connectivity index (χ0) is 30.2. The van der Waals surface area contributed by atoms with Crippen LogP contribution in [0.1, 0.15) is 13.3 Å². The number of ether oxygens (including phenoxy) is 2. The van der Waals surface area contributed by atoms with E-state index in [4.69, 9.17) is 9.47 Å². The number of carbonyl (C=O) groups excluding carboxylic acids is 3. The molecule has 9 nitrogen and oxygen atoms in total. The van der Waals surface area contributed by atoms with Crippen LogP contribution in [0.4, 0.5) is 11.4 Å². The molecule has 0 radical (unpaired) electrons. The molecule has 0 saturated carbocycles. The van der Waals surface area contributed by atoms with Crippen molar-refractivity contribution in [2.75, 3.05) is 36.6 Å². The second-order valence-corrected chi connectivity index (χ2v) is 12.1. The summed E-state index contributed by atoms with van der Waals surface area (Å²) in [5, 5.41) is 10.2. The number of amides is 3. The summed E-state index contributed by atoms with van der Waals surface area (Å²) in [5.74, 6) is -2.09. The first-order valence-electron chi connectivity index (χ1n) is 14.0. The zero-order valence-corrected chi connectivity index (χ0v) is 25.4. The molecule has 3 unspecified atom stereocenters. The number of para-hydroxylation sites is 1. The van der Waals surface area contributed by atoms with E-state index in [1.807, 2.05) is 30.3 Å². The van der Waals surface area contributed by atoms with E-state index in [9.17, 15) is 19.5 Å². The molecule has 1 spiro atoms. The van der Waals surface area contributed by atoms with E-state index in [1.165, 1.54) is 4.90 Å². The highest BCUT2D eigenvalue weighted by Gasteiger charge is 2.77. The summed E-state index contributed by atoms with van der Waals surface area (Å²) < 4.78 is 12.0. The van der Waals surface area contributed by atoms with Gasteiger partial charge in [0.25, 0.3) is 5.91 Å². The fraction of sp³-hybridized carbons (Fsp3) is 0.406. The van der Waals surface area contributed by atoms with E-state index in [0.717, 1.165) is 0 Å². The smallest absolute Gasteiger partial charge is 0.253 e. The number of aliphatic hydroxyl groups excluding tert-OH is 1. The van der Waals surface area contributed by atoms with E-state index >= 15 is 0 Å². The normalized spacial score (nSPS) is 28.2. The van der Waals surface area contributed by atoms with E-state index in [2.05, 4.69) is 29.1 Å². The number of rotatable bonds is 11. The van der Waals surface area contributed by atoms with Gasteiger partial charge in [0.15, 0.2) is 0 Å². The molecule has 3 aliphatic heterocycles. The maximum Gasteiger partial charge on any atom is 0.253 e. The molecule has 2 aromatic carbocycles. The van der Waals surface area contributed by atoms with Crippen molar-refractivity contribution in [2.24, 2.45) is 11.8 Å². The van der Waals surface area contributed by atoms with Gasteiger partial charge in [-0.25, -0.2) is 0 Å². The summed E-state index contributed by atoms with van der Waals surface area (Å²) in [6, 6.07) is 14.5. The van der Waals surface area contributed by atoms with Crippen LogP contribution in [-0.4, -0.2) is 83.2 Å². The highest BCUT2D eigenvalue weighted by Crippen LogP contribution is 2.61. The van der Waals surface area contributed by atoms with Crippen LogP contribution < -0.4 is 14.5 Å². The number of nitrogens with zero attached hydrogens (tertiary/aromatic N) is 3. The molecule has 3 fully saturated rings. The number of halogens is 1. The van der Waals surface area contributed by atoms with Gasteiger partial charge in [0.2, 0.25) is 11.8 Å². The van der Waals surface area contributed by atoms with Gasteiger partial charge in [0, 0.05) is 29.3 Å². The highest BCUT2D eigenvalue weighted by molar-refractivity contribution is 9.09.